The van der Waals surface area contributed by atoms with Crippen LogP contribution in [-0.4, -0.2) is 21.2 Å². The minimum Gasteiger partial charge on any atom is -0.392 e. The number of para-hydroxylation sites is 1. The molecule has 2 aromatic carbocycles. The van der Waals surface area contributed by atoms with Crippen molar-refractivity contribution < 1.29 is 5.11 Å². The Labute approximate surface area is 142 Å². The number of aliphatic hydroxyl groups is 1. The summed E-state index contributed by atoms with van der Waals surface area (Å²) in [6.07, 6.45) is 2.90. The number of hydrogen-bond donors (Lipinski definition) is 2. The van der Waals surface area contributed by atoms with Crippen LogP contribution in [0.4, 0.5) is 0 Å². The first-order chi connectivity index (χ1) is 11.8. The fourth-order valence-corrected chi connectivity index (χ4v) is 2.81. The molecule has 2 N–H and O–H groups in total. The largest absolute Gasteiger partial charge is 0.392 e. The standard InChI is InChI=1S/C20H23N3O/c1-16-22-14-20(23(16)19-5-3-2-4-6-19)13-21-12-11-17-7-9-18(15-24)10-8-17/h2-10,14,21,24H,11-13,15H2,1H3. The van der Waals surface area contributed by atoms with Crippen molar-refractivity contribution in [1.29, 1.82) is 0 Å². The van der Waals surface area contributed by atoms with Gasteiger partial charge < -0.3 is 10.4 Å². The lowest BCUT2D eigenvalue weighted by molar-refractivity contribution is 0.282. The zero-order chi connectivity index (χ0) is 16.8. The zero-order valence-corrected chi connectivity index (χ0v) is 13.9. The number of imidazole rings is 1. The molecule has 124 valence electrons. The summed E-state index contributed by atoms with van der Waals surface area (Å²) >= 11 is 0. The fraction of sp³-hybridized carbons (Fsp3) is 0.250. The van der Waals surface area contributed by atoms with E-state index in [0.717, 1.165) is 42.3 Å². The molecule has 0 unspecified atom stereocenters. The van der Waals surface area contributed by atoms with Gasteiger partial charge in [0, 0.05) is 12.2 Å². The topological polar surface area (TPSA) is 50.1 Å². The van der Waals surface area contributed by atoms with Crippen molar-refractivity contribution in [3.63, 3.8) is 0 Å². The van der Waals surface area contributed by atoms with E-state index < -0.39 is 0 Å². The monoisotopic (exact) mass is 321 g/mol. The maximum Gasteiger partial charge on any atom is 0.110 e. The molecule has 0 radical (unpaired) electrons. The van der Waals surface area contributed by atoms with Crippen LogP contribution in [0.2, 0.25) is 0 Å². The Morgan fingerprint density at radius 2 is 1.71 bits per heavy atom. The lowest BCUT2D eigenvalue weighted by Gasteiger charge is -2.11. The van der Waals surface area contributed by atoms with Crippen molar-refractivity contribution in [3.05, 3.63) is 83.4 Å². The van der Waals surface area contributed by atoms with Gasteiger partial charge in [0.1, 0.15) is 5.82 Å². The number of rotatable bonds is 7. The number of benzene rings is 2. The average molecular weight is 321 g/mol. The second kappa shape index (κ2) is 7.90. The molecule has 0 saturated heterocycles. The molecular formula is C20H23N3O. The Hall–Kier alpha value is -2.43. The van der Waals surface area contributed by atoms with Gasteiger partial charge in [-0.3, -0.25) is 4.57 Å². The van der Waals surface area contributed by atoms with E-state index in [1.165, 1.54) is 5.56 Å². The molecule has 3 rings (SSSR count). The second-order valence-corrected chi connectivity index (χ2v) is 5.87. The predicted molar refractivity (Wildman–Crippen MR) is 96.1 cm³/mol. The van der Waals surface area contributed by atoms with Crippen molar-refractivity contribution >= 4 is 0 Å². The van der Waals surface area contributed by atoms with E-state index in [4.69, 9.17) is 5.11 Å². The quantitative estimate of drug-likeness (QED) is 0.658. The molecule has 0 atom stereocenters. The van der Waals surface area contributed by atoms with Crippen molar-refractivity contribution in [2.75, 3.05) is 6.54 Å². The summed E-state index contributed by atoms with van der Waals surface area (Å²) in [5, 5.41) is 12.6. The molecule has 0 amide bonds. The van der Waals surface area contributed by atoms with Gasteiger partial charge in [-0.1, -0.05) is 42.5 Å². The highest BCUT2D eigenvalue weighted by atomic mass is 16.3. The third kappa shape index (κ3) is 3.91. The van der Waals surface area contributed by atoms with Crippen LogP contribution >= 0.6 is 0 Å². The summed E-state index contributed by atoms with van der Waals surface area (Å²) < 4.78 is 2.18. The van der Waals surface area contributed by atoms with Crippen LogP contribution in [0.5, 0.6) is 0 Å². The summed E-state index contributed by atoms with van der Waals surface area (Å²) in [7, 11) is 0. The molecule has 3 aromatic rings. The molecule has 1 heterocycles. The van der Waals surface area contributed by atoms with Gasteiger partial charge in [0.2, 0.25) is 0 Å². The van der Waals surface area contributed by atoms with Gasteiger partial charge in [0.05, 0.1) is 18.5 Å². The van der Waals surface area contributed by atoms with Crippen LogP contribution in [0.25, 0.3) is 5.69 Å². The smallest absolute Gasteiger partial charge is 0.110 e. The molecule has 0 spiro atoms. The number of aryl methyl sites for hydroxylation is 1. The third-order valence-electron chi connectivity index (χ3n) is 4.13. The van der Waals surface area contributed by atoms with Crippen LogP contribution in [0.15, 0.2) is 60.8 Å². The average Bonchev–Trinajstić information content (AvgIpc) is 3.00. The van der Waals surface area contributed by atoms with E-state index >= 15 is 0 Å². The van der Waals surface area contributed by atoms with Crippen LogP contribution in [-0.2, 0) is 19.6 Å². The van der Waals surface area contributed by atoms with Crippen LogP contribution in [0.3, 0.4) is 0 Å². The Kier molecular flexibility index (Phi) is 5.41. The predicted octanol–water partition coefficient (Wildman–Crippen LogP) is 3.01. The highest BCUT2D eigenvalue weighted by Gasteiger charge is 2.07. The van der Waals surface area contributed by atoms with E-state index in [9.17, 15) is 0 Å². The van der Waals surface area contributed by atoms with Crippen molar-refractivity contribution in [2.24, 2.45) is 0 Å². The summed E-state index contributed by atoms with van der Waals surface area (Å²) in [5.41, 5.74) is 4.53. The van der Waals surface area contributed by atoms with Crippen molar-refractivity contribution in [2.45, 2.75) is 26.5 Å². The number of nitrogens with zero attached hydrogens (tertiary/aromatic N) is 2. The van der Waals surface area contributed by atoms with E-state index in [1.807, 2.05) is 43.5 Å². The molecule has 4 nitrogen and oxygen atoms in total. The molecule has 0 bridgehead atoms. The van der Waals surface area contributed by atoms with E-state index in [1.54, 1.807) is 0 Å². The molecule has 24 heavy (non-hydrogen) atoms. The first-order valence-electron chi connectivity index (χ1n) is 8.26. The summed E-state index contributed by atoms with van der Waals surface area (Å²) in [6.45, 7) is 3.81. The summed E-state index contributed by atoms with van der Waals surface area (Å²) in [4.78, 5) is 4.45. The second-order valence-electron chi connectivity index (χ2n) is 5.87. The van der Waals surface area contributed by atoms with Crippen molar-refractivity contribution in [1.82, 2.24) is 14.9 Å². The molecule has 4 heteroatoms. The fourth-order valence-electron chi connectivity index (χ4n) is 2.81. The number of hydrogen-bond acceptors (Lipinski definition) is 3. The Morgan fingerprint density at radius 3 is 2.42 bits per heavy atom. The lowest BCUT2D eigenvalue weighted by Crippen LogP contribution is -2.19. The normalized spacial score (nSPS) is 10.9. The van der Waals surface area contributed by atoms with Crippen LogP contribution in [0.1, 0.15) is 22.6 Å². The van der Waals surface area contributed by atoms with Gasteiger partial charge >= 0.3 is 0 Å². The maximum absolute atomic E-state index is 9.07. The highest BCUT2D eigenvalue weighted by Crippen LogP contribution is 2.14. The minimum absolute atomic E-state index is 0.0986. The van der Waals surface area contributed by atoms with Crippen molar-refractivity contribution in [3.8, 4) is 5.69 Å². The Bertz CT molecular complexity index is 763. The van der Waals surface area contributed by atoms with E-state index in [-0.39, 0.29) is 6.61 Å². The molecule has 0 aliphatic carbocycles. The van der Waals surface area contributed by atoms with Gasteiger partial charge in [-0.2, -0.15) is 0 Å². The lowest BCUT2D eigenvalue weighted by atomic mass is 10.1. The number of aromatic nitrogens is 2. The van der Waals surface area contributed by atoms with Gasteiger partial charge in [0.15, 0.2) is 0 Å². The molecule has 1 aromatic heterocycles. The minimum atomic E-state index is 0.0986. The number of nitrogens with one attached hydrogen (secondary N) is 1. The maximum atomic E-state index is 9.07. The van der Waals surface area contributed by atoms with Crippen LogP contribution in [0, 0.1) is 6.92 Å². The van der Waals surface area contributed by atoms with Gasteiger partial charge in [-0.15, -0.1) is 0 Å². The zero-order valence-electron chi connectivity index (χ0n) is 13.9. The Morgan fingerprint density at radius 1 is 1.00 bits per heavy atom. The van der Waals surface area contributed by atoms with Gasteiger partial charge in [-0.05, 0) is 43.1 Å². The van der Waals surface area contributed by atoms with E-state index in [0.29, 0.717) is 0 Å². The molecule has 0 aliphatic heterocycles. The molecule has 0 aliphatic rings. The van der Waals surface area contributed by atoms with Gasteiger partial charge in [-0.25, -0.2) is 4.98 Å². The summed E-state index contributed by atoms with van der Waals surface area (Å²) in [6, 6.07) is 18.4. The van der Waals surface area contributed by atoms with Gasteiger partial charge in [0.25, 0.3) is 0 Å². The van der Waals surface area contributed by atoms with Crippen LogP contribution < -0.4 is 5.32 Å². The SMILES string of the molecule is Cc1ncc(CNCCc2ccc(CO)cc2)n1-c1ccccc1. The van der Waals surface area contributed by atoms with E-state index in [2.05, 4.69) is 39.1 Å². The molecule has 0 fully saturated rings. The molecule has 0 saturated carbocycles. The number of aliphatic hydroxyl groups excluding tert-OH is 1. The first-order valence-corrected chi connectivity index (χ1v) is 8.26. The Balaban J connectivity index is 1.57. The molecular weight excluding hydrogens is 298 g/mol. The third-order valence-corrected chi connectivity index (χ3v) is 4.13. The summed E-state index contributed by atoms with van der Waals surface area (Å²) in [5.74, 6) is 0.998. The highest BCUT2D eigenvalue weighted by molar-refractivity contribution is 5.35. The first kappa shape index (κ1) is 16.4.